The Morgan fingerprint density at radius 2 is 1.22 bits per heavy atom. The number of unbranched alkanes of at least 4 members (excludes halogenated alkanes) is 17. The van der Waals surface area contributed by atoms with Crippen LogP contribution in [0, 0.1) is 0 Å². The Labute approximate surface area is 274 Å². The van der Waals surface area contributed by atoms with Gasteiger partial charge in [0.2, 0.25) is 0 Å². The van der Waals surface area contributed by atoms with Crippen molar-refractivity contribution in [2.75, 3.05) is 26.4 Å². The largest absolute Gasteiger partial charge is 0.457 e. The van der Waals surface area contributed by atoms with Gasteiger partial charge in [0.25, 0.3) is 0 Å². The van der Waals surface area contributed by atoms with E-state index in [2.05, 4.69) is 26.0 Å². The first-order chi connectivity index (χ1) is 21.9. The molecule has 0 aromatic heterocycles. The summed E-state index contributed by atoms with van der Waals surface area (Å²) in [6.45, 7) is 4.42. The number of hydrogen-bond donors (Lipinski definition) is 4. The maximum Gasteiger partial charge on any atom is 0.306 e. The maximum atomic E-state index is 12.4. The van der Waals surface area contributed by atoms with E-state index in [0.29, 0.717) is 13.0 Å². The average Bonchev–Trinajstić information content (AvgIpc) is 3.04. The summed E-state index contributed by atoms with van der Waals surface area (Å²) in [6.07, 6.45) is 21.5. The van der Waals surface area contributed by atoms with Crippen LogP contribution >= 0.6 is 0 Å². The Hall–Kier alpha value is -1.07. The highest BCUT2D eigenvalue weighted by Gasteiger charge is 2.44. The molecule has 0 radical (unpaired) electrons. The molecule has 9 nitrogen and oxygen atoms in total. The molecule has 6 atom stereocenters. The van der Waals surface area contributed by atoms with Crippen LogP contribution in [0.15, 0.2) is 12.2 Å². The molecule has 266 valence electrons. The molecule has 0 spiro atoms. The molecule has 0 aromatic carbocycles. The third kappa shape index (κ3) is 21.4. The van der Waals surface area contributed by atoms with Gasteiger partial charge in [0.15, 0.2) is 6.29 Å². The molecular weight excluding hydrogens is 576 g/mol. The summed E-state index contributed by atoms with van der Waals surface area (Å²) < 4.78 is 22.5. The number of carbonyl (C=O) groups is 1. The topological polar surface area (TPSA) is 135 Å². The van der Waals surface area contributed by atoms with E-state index in [1.807, 2.05) is 0 Å². The molecule has 9 heteroatoms. The lowest BCUT2D eigenvalue weighted by molar-refractivity contribution is -0.305. The predicted molar refractivity (Wildman–Crippen MR) is 178 cm³/mol. The van der Waals surface area contributed by atoms with Gasteiger partial charge >= 0.3 is 5.97 Å². The van der Waals surface area contributed by atoms with Crippen LogP contribution in [0.1, 0.15) is 149 Å². The van der Waals surface area contributed by atoms with E-state index in [1.165, 1.54) is 89.9 Å². The first-order valence-corrected chi connectivity index (χ1v) is 18.3. The second-order valence-corrected chi connectivity index (χ2v) is 12.7. The molecule has 0 saturated carbocycles. The van der Waals surface area contributed by atoms with Gasteiger partial charge in [-0.15, -0.1) is 0 Å². The van der Waals surface area contributed by atoms with Crippen LogP contribution < -0.4 is 0 Å². The lowest BCUT2D eigenvalue weighted by atomic mass is 9.99. The summed E-state index contributed by atoms with van der Waals surface area (Å²) in [5.41, 5.74) is 0. The second-order valence-electron chi connectivity index (χ2n) is 12.7. The van der Waals surface area contributed by atoms with E-state index >= 15 is 0 Å². The maximum absolute atomic E-state index is 12.4. The summed E-state index contributed by atoms with van der Waals surface area (Å²) in [5, 5.41) is 39.7. The van der Waals surface area contributed by atoms with Gasteiger partial charge in [-0.3, -0.25) is 4.79 Å². The lowest BCUT2D eigenvalue weighted by Gasteiger charge is -2.39. The quantitative estimate of drug-likeness (QED) is 0.0392. The van der Waals surface area contributed by atoms with Crippen molar-refractivity contribution >= 4 is 5.97 Å². The molecule has 1 aliphatic heterocycles. The normalized spacial score (nSPS) is 22.7. The van der Waals surface area contributed by atoms with Gasteiger partial charge < -0.3 is 39.4 Å². The van der Waals surface area contributed by atoms with Gasteiger partial charge in [-0.25, -0.2) is 0 Å². The second kappa shape index (κ2) is 29.1. The number of aliphatic hydroxyl groups excluding tert-OH is 4. The molecule has 4 N–H and O–H groups in total. The van der Waals surface area contributed by atoms with Crippen molar-refractivity contribution in [3.05, 3.63) is 12.2 Å². The minimum absolute atomic E-state index is 0.113. The molecular formula is C36H68O9. The number of carbonyl (C=O) groups excluding carboxylic acids is 1. The zero-order chi connectivity index (χ0) is 33.0. The third-order valence-corrected chi connectivity index (χ3v) is 8.43. The van der Waals surface area contributed by atoms with Crippen molar-refractivity contribution in [1.82, 2.24) is 0 Å². The van der Waals surface area contributed by atoms with Crippen LogP contribution in [0.5, 0.6) is 0 Å². The Balaban J connectivity index is 2.19. The van der Waals surface area contributed by atoms with Gasteiger partial charge in [0, 0.05) is 13.0 Å². The predicted octanol–water partition coefficient (Wildman–Crippen LogP) is 6.52. The Morgan fingerprint density at radius 3 is 1.80 bits per heavy atom. The highest BCUT2D eigenvalue weighted by atomic mass is 16.7. The summed E-state index contributed by atoms with van der Waals surface area (Å²) in [4.78, 5) is 12.4. The zero-order valence-corrected chi connectivity index (χ0v) is 28.6. The lowest BCUT2D eigenvalue weighted by Crippen LogP contribution is -2.59. The van der Waals surface area contributed by atoms with Gasteiger partial charge in [0.05, 0.1) is 19.8 Å². The van der Waals surface area contributed by atoms with E-state index in [-0.39, 0.29) is 19.2 Å². The van der Waals surface area contributed by atoms with E-state index in [4.69, 9.17) is 18.9 Å². The van der Waals surface area contributed by atoms with Crippen LogP contribution in [-0.4, -0.2) is 89.6 Å². The minimum Gasteiger partial charge on any atom is -0.457 e. The summed E-state index contributed by atoms with van der Waals surface area (Å²) >= 11 is 0. The Kier molecular flexibility index (Phi) is 27.1. The average molecular weight is 645 g/mol. The fourth-order valence-electron chi connectivity index (χ4n) is 5.48. The minimum atomic E-state index is -1.53. The summed E-state index contributed by atoms with van der Waals surface area (Å²) in [5.74, 6) is -0.332. The Bertz CT molecular complexity index is 702. The van der Waals surface area contributed by atoms with Crippen molar-refractivity contribution in [2.24, 2.45) is 0 Å². The van der Waals surface area contributed by atoms with Gasteiger partial charge in [-0.2, -0.15) is 0 Å². The van der Waals surface area contributed by atoms with Gasteiger partial charge in [-0.1, -0.05) is 116 Å². The molecule has 1 fully saturated rings. The molecule has 0 aromatic rings. The fourth-order valence-corrected chi connectivity index (χ4v) is 5.48. The summed E-state index contributed by atoms with van der Waals surface area (Å²) in [6, 6.07) is 0. The van der Waals surface area contributed by atoms with Crippen molar-refractivity contribution in [3.63, 3.8) is 0 Å². The molecule has 1 aliphatic rings. The van der Waals surface area contributed by atoms with Crippen molar-refractivity contribution in [3.8, 4) is 0 Å². The summed E-state index contributed by atoms with van der Waals surface area (Å²) in [7, 11) is 0. The van der Waals surface area contributed by atoms with Crippen LogP contribution in [0.3, 0.4) is 0 Å². The van der Waals surface area contributed by atoms with Crippen molar-refractivity contribution < 1.29 is 44.2 Å². The highest BCUT2D eigenvalue weighted by Crippen LogP contribution is 2.22. The SMILES string of the molecule is CCCCCCCC/C=C\CCCCCCCCCCOCC(COC1OC(CO)C(O)C(O)C1O)OC(=O)CCCCCC. The van der Waals surface area contributed by atoms with E-state index in [1.54, 1.807) is 0 Å². The molecule has 0 bridgehead atoms. The number of allylic oxidation sites excluding steroid dienone is 2. The van der Waals surface area contributed by atoms with Crippen LogP contribution in [0.2, 0.25) is 0 Å². The molecule has 1 saturated heterocycles. The monoisotopic (exact) mass is 644 g/mol. The molecule has 1 heterocycles. The molecule has 45 heavy (non-hydrogen) atoms. The van der Waals surface area contributed by atoms with Gasteiger partial charge in [0.1, 0.15) is 30.5 Å². The van der Waals surface area contributed by atoms with Crippen LogP contribution in [-0.2, 0) is 23.7 Å². The van der Waals surface area contributed by atoms with E-state index in [9.17, 15) is 25.2 Å². The molecule has 6 unspecified atom stereocenters. The first-order valence-electron chi connectivity index (χ1n) is 18.3. The first kappa shape index (κ1) is 42.0. The molecule has 0 aliphatic carbocycles. The number of esters is 1. The molecule has 0 amide bonds. The zero-order valence-electron chi connectivity index (χ0n) is 28.6. The third-order valence-electron chi connectivity index (χ3n) is 8.43. The van der Waals surface area contributed by atoms with E-state index < -0.39 is 43.4 Å². The highest BCUT2D eigenvalue weighted by molar-refractivity contribution is 5.69. The fraction of sp³-hybridized carbons (Fsp3) is 0.917. The smallest absolute Gasteiger partial charge is 0.306 e. The number of ether oxygens (including phenoxy) is 4. The standard InChI is InChI=1S/C36H68O9/c1-3-5-7-9-10-11-12-13-14-15-16-17-18-19-20-21-22-24-26-42-28-30(44-32(38)25-23-8-6-4-2)29-43-36-35(41)34(40)33(39)31(27-37)45-36/h13-14,30-31,33-37,39-41H,3-12,15-29H2,1-2H3/b14-13-. The number of rotatable bonds is 30. The molecule has 1 rings (SSSR count). The van der Waals surface area contributed by atoms with Crippen LogP contribution in [0.25, 0.3) is 0 Å². The Morgan fingerprint density at radius 1 is 0.689 bits per heavy atom. The van der Waals surface area contributed by atoms with Crippen molar-refractivity contribution in [1.29, 1.82) is 0 Å². The van der Waals surface area contributed by atoms with Crippen LogP contribution in [0.4, 0.5) is 0 Å². The van der Waals surface area contributed by atoms with Crippen molar-refractivity contribution in [2.45, 2.75) is 185 Å². The number of hydrogen-bond acceptors (Lipinski definition) is 9. The van der Waals surface area contributed by atoms with E-state index in [0.717, 1.165) is 38.5 Å². The number of aliphatic hydroxyl groups is 4. The van der Waals surface area contributed by atoms with Gasteiger partial charge in [-0.05, 0) is 38.5 Å².